The molecule has 37 heavy (non-hydrogen) atoms. The van der Waals surface area contributed by atoms with E-state index in [0.29, 0.717) is 6.42 Å². The van der Waals surface area contributed by atoms with Crippen LogP contribution in [0.3, 0.4) is 0 Å². The molecule has 1 aliphatic heterocycles. The van der Waals surface area contributed by atoms with Crippen LogP contribution in [0.1, 0.15) is 40.8 Å². The summed E-state index contributed by atoms with van der Waals surface area (Å²) in [6.45, 7) is 7.08. The normalized spacial score (nSPS) is 15.0. The topological polar surface area (TPSA) is 102 Å². The van der Waals surface area contributed by atoms with E-state index in [4.69, 9.17) is 0 Å². The second kappa shape index (κ2) is 12.3. The molecule has 1 unspecified atom stereocenters. The van der Waals surface area contributed by atoms with Crippen molar-refractivity contribution in [3.8, 4) is 17.6 Å². The van der Waals surface area contributed by atoms with Gasteiger partial charge in [-0.1, -0.05) is 36.1 Å². The number of rotatable bonds is 7. The van der Waals surface area contributed by atoms with Gasteiger partial charge in [0.15, 0.2) is 0 Å². The van der Waals surface area contributed by atoms with Crippen molar-refractivity contribution in [2.75, 3.05) is 39.8 Å². The lowest BCUT2D eigenvalue weighted by Crippen LogP contribution is -2.43. The number of hydrogen-bond acceptors (Lipinski definition) is 6. The number of H-pyrrole nitrogens is 1. The lowest BCUT2D eigenvalue weighted by Gasteiger charge is -2.32. The van der Waals surface area contributed by atoms with E-state index in [2.05, 4.69) is 68.2 Å². The maximum Gasteiger partial charge on any atom is 0.293 e. The van der Waals surface area contributed by atoms with Gasteiger partial charge in [0, 0.05) is 63.2 Å². The van der Waals surface area contributed by atoms with Gasteiger partial charge in [0.25, 0.3) is 5.56 Å². The molecule has 8 nitrogen and oxygen atoms in total. The molecule has 2 aromatic carbocycles. The van der Waals surface area contributed by atoms with E-state index >= 15 is 0 Å². The molecule has 1 fully saturated rings. The maximum absolute atomic E-state index is 11.8. The van der Waals surface area contributed by atoms with Crippen molar-refractivity contribution in [2.45, 2.75) is 25.8 Å². The fourth-order valence-corrected chi connectivity index (χ4v) is 4.35. The number of carbonyl (C=O) groups excluding carboxylic acids is 1. The third-order valence-electron chi connectivity index (χ3n) is 6.58. The SMILES string of the molecule is CC(=O)NCC(Cc1ccc(C#Cc2ccc(CN3CCN(C)CC3)cc2)cc1)c1nc[nH]c(=O)c1O. The summed E-state index contributed by atoms with van der Waals surface area (Å²) >= 11 is 0. The van der Waals surface area contributed by atoms with Crippen LogP contribution in [-0.2, 0) is 17.8 Å². The fraction of sp³-hybridized carbons (Fsp3) is 0.345. The van der Waals surface area contributed by atoms with Gasteiger partial charge in [0.2, 0.25) is 11.7 Å². The lowest BCUT2D eigenvalue weighted by atomic mass is 9.94. The van der Waals surface area contributed by atoms with E-state index in [9.17, 15) is 14.7 Å². The summed E-state index contributed by atoms with van der Waals surface area (Å²) in [6.07, 6.45) is 1.75. The van der Waals surface area contributed by atoms with E-state index in [0.717, 1.165) is 49.4 Å². The molecule has 1 atom stereocenters. The van der Waals surface area contributed by atoms with Crippen LogP contribution < -0.4 is 10.9 Å². The molecule has 0 spiro atoms. The number of likely N-dealkylation sites (N-methyl/N-ethyl adjacent to an activating group) is 1. The Kier molecular flexibility index (Phi) is 8.72. The van der Waals surface area contributed by atoms with Crippen molar-refractivity contribution >= 4 is 5.91 Å². The van der Waals surface area contributed by atoms with Crippen LogP contribution in [0.4, 0.5) is 0 Å². The maximum atomic E-state index is 11.8. The molecule has 1 saturated heterocycles. The highest BCUT2D eigenvalue weighted by Gasteiger charge is 2.20. The second-order valence-corrected chi connectivity index (χ2v) is 9.53. The standard InChI is InChI=1S/C29H33N5O3/c1-21(35)30-18-26(27-28(36)29(37)32-20-31-27)17-24-9-5-22(6-10-24)3-4-23-7-11-25(12-8-23)19-34-15-13-33(2)14-16-34/h5-12,20,26,36H,13-19H2,1-2H3,(H,30,35)(H,31,32,37). The fourth-order valence-electron chi connectivity index (χ4n) is 4.35. The van der Waals surface area contributed by atoms with Gasteiger partial charge in [-0.05, 0) is 48.9 Å². The number of aromatic hydroxyl groups is 1. The first-order valence-corrected chi connectivity index (χ1v) is 12.5. The predicted octanol–water partition coefficient (Wildman–Crippen LogP) is 2.09. The minimum Gasteiger partial charge on any atom is -0.502 e. The van der Waals surface area contributed by atoms with Crippen molar-refractivity contribution in [3.63, 3.8) is 0 Å². The number of aromatic nitrogens is 2. The van der Waals surface area contributed by atoms with Crippen LogP contribution in [0.25, 0.3) is 0 Å². The summed E-state index contributed by atoms with van der Waals surface area (Å²) in [5, 5.41) is 13.0. The van der Waals surface area contributed by atoms with Crippen LogP contribution in [0.2, 0.25) is 0 Å². The first-order valence-electron chi connectivity index (χ1n) is 12.5. The zero-order valence-corrected chi connectivity index (χ0v) is 21.3. The third kappa shape index (κ3) is 7.53. The number of hydrogen-bond donors (Lipinski definition) is 3. The van der Waals surface area contributed by atoms with Crippen molar-refractivity contribution in [1.82, 2.24) is 25.1 Å². The van der Waals surface area contributed by atoms with E-state index in [1.807, 2.05) is 24.3 Å². The van der Waals surface area contributed by atoms with Gasteiger partial charge in [-0.2, -0.15) is 0 Å². The highest BCUT2D eigenvalue weighted by atomic mass is 16.3. The third-order valence-corrected chi connectivity index (χ3v) is 6.58. The number of aromatic amines is 1. The Labute approximate surface area is 217 Å². The minimum atomic E-state index is -0.601. The summed E-state index contributed by atoms with van der Waals surface area (Å²) in [5.41, 5.74) is 3.80. The molecule has 3 aromatic rings. The zero-order valence-electron chi connectivity index (χ0n) is 21.3. The zero-order chi connectivity index (χ0) is 26.2. The molecule has 0 bridgehead atoms. The van der Waals surface area contributed by atoms with Gasteiger partial charge in [0.1, 0.15) is 0 Å². The summed E-state index contributed by atoms with van der Waals surface area (Å²) < 4.78 is 0. The molecular weight excluding hydrogens is 466 g/mol. The molecule has 0 aliphatic carbocycles. The van der Waals surface area contributed by atoms with Crippen LogP contribution in [0.5, 0.6) is 5.75 Å². The van der Waals surface area contributed by atoms with Gasteiger partial charge in [-0.15, -0.1) is 0 Å². The summed E-state index contributed by atoms with van der Waals surface area (Å²) in [4.78, 5) is 34.6. The van der Waals surface area contributed by atoms with Crippen LogP contribution in [-0.4, -0.2) is 70.6 Å². The quantitative estimate of drug-likeness (QED) is 0.431. The number of nitrogens with one attached hydrogen (secondary N) is 2. The lowest BCUT2D eigenvalue weighted by molar-refractivity contribution is -0.119. The first kappa shape index (κ1) is 26.1. The van der Waals surface area contributed by atoms with Gasteiger partial charge in [-0.25, -0.2) is 4.98 Å². The Balaban J connectivity index is 1.39. The molecule has 192 valence electrons. The van der Waals surface area contributed by atoms with Gasteiger partial charge in [0.05, 0.1) is 12.0 Å². The van der Waals surface area contributed by atoms with Crippen molar-refractivity contribution in [1.29, 1.82) is 0 Å². The Bertz CT molecular complexity index is 1310. The number of carbonyl (C=O) groups is 1. The van der Waals surface area contributed by atoms with Crippen molar-refractivity contribution in [2.24, 2.45) is 0 Å². The van der Waals surface area contributed by atoms with Crippen LogP contribution in [0.15, 0.2) is 59.7 Å². The van der Waals surface area contributed by atoms with Gasteiger partial charge in [-0.3, -0.25) is 14.5 Å². The molecule has 1 amide bonds. The molecule has 4 rings (SSSR count). The van der Waals surface area contributed by atoms with Crippen molar-refractivity contribution in [3.05, 3.63) is 93.2 Å². The van der Waals surface area contributed by atoms with Crippen molar-refractivity contribution < 1.29 is 9.90 Å². The van der Waals surface area contributed by atoms with Gasteiger partial charge >= 0.3 is 0 Å². The largest absolute Gasteiger partial charge is 0.502 e. The monoisotopic (exact) mass is 499 g/mol. The highest BCUT2D eigenvalue weighted by Crippen LogP contribution is 2.23. The number of nitrogens with zero attached hydrogens (tertiary/aromatic N) is 3. The summed E-state index contributed by atoms with van der Waals surface area (Å²) in [6, 6.07) is 16.3. The molecule has 1 aliphatic rings. The Hall–Kier alpha value is -3.93. The van der Waals surface area contributed by atoms with E-state index in [1.165, 1.54) is 18.8 Å². The van der Waals surface area contributed by atoms with E-state index in [1.54, 1.807) is 0 Å². The van der Waals surface area contributed by atoms with E-state index in [-0.39, 0.29) is 24.1 Å². The number of amides is 1. The van der Waals surface area contributed by atoms with Crippen LogP contribution >= 0.6 is 0 Å². The Morgan fingerprint density at radius 2 is 1.62 bits per heavy atom. The minimum absolute atomic E-state index is 0.188. The summed E-state index contributed by atoms with van der Waals surface area (Å²) in [5.74, 6) is 5.48. The van der Waals surface area contributed by atoms with Crippen LogP contribution in [0, 0.1) is 11.8 Å². The molecule has 1 aromatic heterocycles. The highest BCUT2D eigenvalue weighted by molar-refractivity contribution is 5.72. The molecule has 3 N–H and O–H groups in total. The molecule has 8 heteroatoms. The number of benzene rings is 2. The molecule has 0 saturated carbocycles. The molecule has 0 radical (unpaired) electrons. The predicted molar refractivity (Wildman–Crippen MR) is 143 cm³/mol. The average molecular weight is 500 g/mol. The summed E-state index contributed by atoms with van der Waals surface area (Å²) in [7, 11) is 2.17. The smallest absolute Gasteiger partial charge is 0.293 e. The Morgan fingerprint density at radius 3 is 2.22 bits per heavy atom. The Morgan fingerprint density at radius 1 is 1.03 bits per heavy atom. The van der Waals surface area contributed by atoms with Gasteiger partial charge < -0.3 is 20.3 Å². The number of piperazine rings is 1. The first-order chi connectivity index (χ1) is 17.9. The second-order valence-electron chi connectivity index (χ2n) is 9.53. The molecular formula is C29H33N5O3. The molecule has 2 heterocycles. The average Bonchev–Trinajstić information content (AvgIpc) is 2.90. The van der Waals surface area contributed by atoms with E-state index < -0.39 is 11.3 Å².